The fraction of sp³-hybridized carbons (Fsp3) is 0.250. The lowest BCUT2D eigenvalue weighted by Crippen LogP contribution is -2.34. The van der Waals surface area contributed by atoms with Gasteiger partial charge in [-0.15, -0.1) is 11.3 Å². The minimum atomic E-state index is -4.53. The number of rotatable bonds is 4. The van der Waals surface area contributed by atoms with Crippen molar-refractivity contribution < 1.29 is 18.1 Å². The number of sulfonamides is 1. The molecule has 0 spiro atoms. The van der Waals surface area contributed by atoms with Gasteiger partial charge in [-0.1, -0.05) is 11.6 Å². The number of carbonyl (C=O) groups is 1. The highest BCUT2D eigenvalue weighted by molar-refractivity contribution is 7.90. The third-order valence-corrected chi connectivity index (χ3v) is 6.97. The van der Waals surface area contributed by atoms with Crippen molar-refractivity contribution in [3.63, 3.8) is 0 Å². The Hall–Kier alpha value is -2.68. The number of aryl methyl sites for hydroxylation is 1. The Labute approximate surface area is 169 Å². The summed E-state index contributed by atoms with van der Waals surface area (Å²) in [6, 6.07) is 3.93. The van der Waals surface area contributed by atoms with E-state index in [1.807, 2.05) is 6.07 Å². The molecule has 1 aliphatic rings. The summed E-state index contributed by atoms with van der Waals surface area (Å²) in [6.45, 7) is 0. The zero-order chi connectivity index (χ0) is 20.5. The second-order valence-electron chi connectivity index (χ2n) is 5.96. The molecule has 1 aliphatic carbocycles. The largest absolute Gasteiger partial charge is 0.333 e. The van der Waals surface area contributed by atoms with Crippen molar-refractivity contribution in [3.05, 3.63) is 49.3 Å². The molecule has 0 bridgehead atoms. The molecule has 0 unspecified atom stereocenters. The highest BCUT2D eigenvalue weighted by Gasteiger charge is 2.29. The quantitative estimate of drug-likeness (QED) is 0.549. The van der Waals surface area contributed by atoms with Crippen LogP contribution in [0, 0.1) is 21.4 Å². The Morgan fingerprint density at radius 2 is 2.04 bits per heavy atom. The molecule has 0 fully saturated rings. The molecule has 1 aromatic carbocycles. The van der Waals surface area contributed by atoms with Crippen LogP contribution in [-0.2, 0) is 22.9 Å². The normalized spacial score (nSPS) is 13.3. The van der Waals surface area contributed by atoms with Crippen LogP contribution in [0.25, 0.3) is 0 Å². The van der Waals surface area contributed by atoms with E-state index in [1.165, 1.54) is 17.4 Å². The van der Waals surface area contributed by atoms with E-state index >= 15 is 0 Å². The summed E-state index contributed by atoms with van der Waals surface area (Å²) in [5.74, 6) is 0. The van der Waals surface area contributed by atoms with Crippen LogP contribution >= 0.6 is 22.9 Å². The summed E-state index contributed by atoms with van der Waals surface area (Å²) >= 11 is 6.91. The first kappa shape index (κ1) is 20.1. The molecule has 2 aromatic rings. The van der Waals surface area contributed by atoms with Crippen LogP contribution in [0.1, 0.15) is 28.8 Å². The van der Waals surface area contributed by atoms with Gasteiger partial charge in [0.25, 0.3) is 15.7 Å². The molecule has 1 aromatic heterocycles. The molecular weight excluding hydrogens is 428 g/mol. The molecule has 9 nitrogen and oxygen atoms in total. The van der Waals surface area contributed by atoms with Crippen LogP contribution in [0.2, 0.25) is 5.02 Å². The Morgan fingerprint density at radius 3 is 2.71 bits per heavy atom. The summed E-state index contributed by atoms with van der Waals surface area (Å²) in [6.07, 6.45) is 3.46. The number of amides is 2. The zero-order valence-corrected chi connectivity index (χ0v) is 16.6. The monoisotopic (exact) mass is 440 g/mol. The zero-order valence-electron chi connectivity index (χ0n) is 14.2. The Morgan fingerprint density at radius 1 is 1.32 bits per heavy atom. The van der Waals surface area contributed by atoms with Crippen LogP contribution in [0.15, 0.2) is 23.1 Å². The minimum Gasteiger partial charge on any atom is -0.297 e. The molecule has 146 valence electrons. The average molecular weight is 441 g/mol. The van der Waals surface area contributed by atoms with Gasteiger partial charge in [-0.2, -0.15) is 5.26 Å². The second-order valence-corrected chi connectivity index (χ2v) is 9.15. The fourth-order valence-electron chi connectivity index (χ4n) is 2.94. The predicted octanol–water partition coefficient (Wildman–Crippen LogP) is 3.57. The van der Waals surface area contributed by atoms with Crippen molar-refractivity contribution >= 4 is 49.7 Å². The number of nitro groups is 1. The molecular formula is C16H13ClN4O5S2. The van der Waals surface area contributed by atoms with E-state index in [-0.39, 0.29) is 10.0 Å². The van der Waals surface area contributed by atoms with Gasteiger partial charge in [-0.3, -0.25) is 15.4 Å². The van der Waals surface area contributed by atoms with Gasteiger partial charge in [0.2, 0.25) is 0 Å². The highest BCUT2D eigenvalue weighted by atomic mass is 35.5. The van der Waals surface area contributed by atoms with Crippen molar-refractivity contribution in [1.82, 2.24) is 4.72 Å². The average Bonchev–Trinajstić information content (AvgIpc) is 2.97. The Balaban J connectivity index is 1.85. The van der Waals surface area contributed by atoms with Gasteiger partial charge < -0.3 is 0 Å². The Kier molecular flexibility index (Phi) is 5.55. The van der Waals surface area contributed by atoms with Gasteiger partial charge in [0.05, 0.1) is 10.5 Å². The summed E-state index contributed by atoms with van der Waals surface area (Å²) in [7, 11) is -4.53. The van der Waals surface area contributed by atoms with Crippen LogP contribution in [0.3, 0.4) is 0 Å². The number of nitrogens with one attached hydrogen (secondary N) is 2. The van der Waals surface area contributed by atoms with E-state index in [9.17, 15) is 28.6 Å². The lowest BCUT2D eigenvalue weighted by Gasteiger charge is -2.09. The van der Waals surface area contributed by atoms with Crippen molar-refractivity contribution in [2.75, 3.05) is 5.32 Å². The number of nitriles is 1. The number of benzene rings is 1. The number of fused-ring (bicyclic) bond motifs is 1. The van der Waals surface area contributed by atoms with Crippen LogP contribution in [0.5, 0.6) is 0 Å². The topological polar surface area (TPSA) is 142 Å². The number of hydrogen-bond donors (Lipinski definition) is 2. The smallest absolute Gasteiger partial charge is 0.297 e. The summed E-state index contributed by atoms with van der Waals surface area (Å²) in [4.78, 5) is 22.7. The van der Waals surface area contributed by atoms with Gasteiger partial charge in [0, 0.05) is 16.0 Å². The number of hydrogen-bond acceptors (Lipinski definition) is 7. The molecule has 0 saturated carbocycles. The van der Waals surface area contributed by atoms with Gasteiger partial charge in [0.1, 0.15) is 11.1 Å². The first-order valence-electron chi connectivity index (χ1n) is 8.05. The maximum Gasteiger partial charge on any atom is 0.333 e. The molecule has 0 radical (unpaired) electrons. The summed E-state index contributed by atoms with van der Waals surface area (Å²) < 4.78 is 26.6. The number of thiophene rings is 1. The molecule has 28 heavy (non-hydrogen) atoms. The first-order valence-corrected chi connectivity index (χ1v) is 10.7. The van der Waals surface area contributed by atoms with E-state index in [1.54, 1.807) is 4.72 Å². The summed E-state index contributed by atoms with van der Waals surface area (Å²) in [5.41, 5.74) is 0.451. The molecule has 2 N–H and O–H groups in total. The molecule has 12 heteroatoms. The summed E-state index contributed by atoms with van der Waals surface area (Å²) in [5, 5.41) is 23.1. The maximum atomic E-state index is 12.4. The molecule has 2 amide bonds. The van der Waals surface area contributed by atoms with E-state index in [0.29, 0.717) is 5.56 Å². The number of carbonyl (C=O) groups excluding carboxylic acids is 1. The minimum absolute atomic E-state index is 0.0158. The van der Waals surface area contributed by atoms with Crippen molar-refractivity contribution in [2.24, 2.45) is 0 Å². The van der Waals surface area contributed by atoms with Gasteiger partial charge >= 0.3 is 6.03 Å². The number of nitrogens with zero attached hydrogens (tertiary/aromatic N) is 2. The number of nitro benzene ring substituents is 1. The Bertz CT molecular complexity index is 1120. The van der Waals surface area contributed by atoms with Crippen LogP contribution in [0.4, 0.5) is 15.5 Å². The third kappa shape index (κ3) is 3.94. The lowest BCUT2D eigenvalue weighted by molar-refractivity contribution is -0.387. The molecule has 3 rings (SSSR count). The van der Waals surface area contributed by atoms with Crippen LogP contribution < -0.4 is 10.0 Å². The van der Waals surface area contributed by atoms with Crippen molar-refractivity contribution in [3.8, 4) is 6.07 Å². The highest BCUT2D eigenvalue weighted by Crippen LogP contribution is 2.37. The predicted molar refractivity (Wildman–Crippen MR) is 103 cm³/mol. The first-order chi connectivity index (χ1) is 13.2. The number of anilines is 1. The second kappa shape index (κ2) is 7.75. The van der Waals surface area contributed by atoms with Gasteiger partial charge in [-0.05, 0) is 43.4 Å². The fourth-order valence-corrected chi connectivity index (χ4v) is 5.40. The van der Waals surface area contributed by atoms with Gasteiger partial charge in [-0.25, -0.2) is 17.9 Å². The molecule has 0 aliphatic heterocycles. The maximum absolute atomic E-state index is 12.4. The standard InChI is InChI=1S/C16H13ClN4O5S2/c17-9-5-6-14(12(7-9)21(23)24)28(25,26)20-16(22)19-15-11(8-18)10-3-1-2-4-13(10)27-15/h5-7H,1-4H2,(H2,19,20,22). The van der Waals surface area contributed by atoms with Gasteiger partial charge in [0.15, 0.2) is 4.90 Å². The lowest BCUT2D eigenvalue weighted by atomic mass is 9.96. The van der Waals surface area contributed by atoms with E-state index in [4.69, 9.17) is 11.6 Å². The third-order valence-electron chi connectivity index (χ3n) is 4.14. The van der Waals surface area contributed by atoms with E-state index in [0.717, 1.165) is 48.3 Å². The number of urea groups is 1. The van der Waals surface area contributed by atoms with E-state index < -0.39 is 31.6 Å². The van der Waals surface area contributed by atoms with Crippen molar-refractivity contribution in [1.29, 1.82) is 5.26 Å². The van der Waals surface area contributed by atoms with Crippen molar-refractivity contribution in [2.45, 2.75) is 30.6 Å². The molecule has 0 saturated heterocycles. The number of halogens is 1. The molecule has 0 atom stereocenters. The molecule has 1 heterocycles. The SMILES string of the molecule is N#Cc1c(NC(=O)NS(=O)(=O)c2ccc(Cl)cc2[N+](=O)[O-])sc2c1CCCC2. The van der Waals surface area contributed by atoms with Crippen LogP contribution in [-0.4, -0.2) is 19.4 Å². The van der Waals surface area contributed by atoms with E-state index in [2.05, 4.69) is 5.32 Å².